The van der Waals surface area contributed by atoms with Crippen LogP contribution in [0, 0.1) is 0 Å². The average molecular weight is 144 g/mol. The summed E-state index contributed by atoms with van der Waals surface area (Å²) in [5.41, 5.74) is 6.39. The molecule has 0 fully saturated rings. The van der Waals surface area contributed by atoms with E-state index >= 15 is 0 Å². The molecule has 9 heavy (non-hydrogen) atoms. The van der Waals surface area contributed by atoms with E-state index in [-0.39, 0.29) is 0 Å². The first-order chi connectivity index (χ1) is 4.13. The van der Waals surface area contributed by atoms with Crippen LogP contribution in [0.2, 0.25) is 0 Å². The van der Waals surface area contributed by atoms with Crippen LogP contribution in [0.1, 0.15) is 13.8 Å². The zero-order valence-corrected chi connectivity index (χ0v) is 6.66. The zero-order chi connectivity index (χ0) is 7.28. The van der Waals surface area contributed by atoms with E-state index < -0.39 is 0 Å². The summed E-state index contributed by atoms with van der Waals surface area (Å²) in [6.45, 7) is 7.46. The van der Waals surface area contributed by atoms with Gasteiger partial charge in [-0.2, -0.15) is 0 Å². The molecule has 0 aliphatic carbocycles. The van der Waals surface area contributed by atoms with Crippen molar-refractivity contribution in [3.8, 4) is 0 Å². The molecule has 0 aromatic heterocycles. The van der Waals surface area contributed by atoms with E-state index in [1.807, 2.05) is 6.92 Å². The molecule has 0 rings (SSSR count). The lowest BCUT2D eigenvalue weighted by Crippen LogP contribution is -2.03. The van der Waals surface area contributed by atoms with E-state index in [4.69, 9.17) is 5.73 Å². The summed E-state index contributed by atoms with van der Waals surface area (Å²) in [5.74, 6) is 1.47. The van der Waals surface area contributed by atoms with Crippen LogP contribution in [-0.4, -0.2) is 11.6 Å². The normalized spacial score (nSPS) is 11.6. The number of nitrogens with zero attached hydrogens (tertiary/aromatic N) is 1. The van der Waals surface area contributed by atoms with Gasteiger partial charge in [-0.1, -0.05) is 12.2 Å². The second-order valence-electron chi connectivity index (χ2n) is 1.96. The maximum Gasteiger partial charge on any atom is 0.104 e. The number of amidine groups is 1. The van der Waals surface area contributed by atoms with Gasteiger partial charge >= 0.3 is 0 Å². The average Bonchev–Trinajstić information content (AvgIpc) is 1.63. The van der Waals surface area contributed by atoms with Gasteiger partial charge in [0.25, 0.3) is 0 Å². The molecule has 0 radical (unpaired) electrons. The van der Waals surface area contributed by atoms with E-state index in [1.165, 1.54) is 11.9 Å². The van der Waals surface area contributed by atoms with Crippen LogP contribution in [0.25, 0.3) is 0 Å². The van der Waals surface area contributed by atoms with Crippen molar-refractivity contribution >= 4 is 17.8 Å². The first-order valence-electron chi connectivity index (χ1n) is 2.69. The van der Waals surface area contributed by atoms with Crippen LogP contribution < -0.4 is 5.73 Å². The Morgan fingerprint density at radius 3 is 2.56 bits per heavy atom. The van der Waals surface area contributed by atoms with Crippen LogP contribution in [0.15, 0.2) is 16.5 Å². The van der Waals surface area contributed by atoms with Crippen molar-refractivity contribution in [2.75, 3.05) is 5.75 Å². The van der Waals surface area contributed by atoms with Gasteiger partial charge in [0, 0.05) is 5.75 Å². The fourth-order valence-corrected chi connectivity index (χ4v) is 0.733. The highest BCUT2D eigenvalue weighted by Gasteiger charge is 1.84. The molecule has 0 amide bonds. The number of hydrogen-bond acceptors (Lipinski definition) is 2. The summed E-state index contributed by atoms with van der Waals surface area (Å²) in [5, 5.41) is 0. The SMILES string of the molecule is C=C(C)CS/N=C(/C)N. The van der Waals surface area contributed by atoms with Crippen LogP contribution in [0.3, 0.4) is 0 Å². The molecule has 2 nitrogen and oxygen atoms in total. The molecule has 0 bridgehead atoms. The Labute approximate surface area is 60.4 Å². The highest BCUT2D eigenvalue weighted by atomic mass is 32.2. The Hall–Kier alpha value is -0.440. The van der Waals surface area contributed by atoms with Gasteiger partial charge in [-0.15, -0.1) is 0 Å². The predicted molar refractivity (Wildman–Crippen MR) is 44.6 cm³/mol. The van der Waals surface area contributed by atoms with E-state index in [1.54, 1.807) is 6.92 Å². The predicted octanol–water partition coefficient (Wildman–Crippen LogP) is 1.59. The van der Waals surface area contributed by atoms with Crippen LogP contribution in [0.5, 0.6) is 0 Å². The first-order valence-corrected chi connectivity index (χ1v) is 3.63. The summed E-state index contributed by atoms with van der Waals surface area (Å²) in [7, 11) is 0. The van der Waals surface area contributed by atoms with Gasteiger partial charge in [-0.25, -0.2) is 4.40 Å². The minimum atomic E-state index is 0.612. The molecular formula is C6H12N2S. The van der Waals surface area contributed by atoms with Gasteiger partial charge in [-0.05, 0) is 25.8 Å². The molecule has 0 aliphatic heterocycles. The van der Waals surface area contributed by atoms with E-state index in [2.05, 4.69) is 11.0 Å². The van der Waals surface area contributed by atoms with E-state index in [0.717, 1.165) is 11.3 Å². The summed E-state index contributed by atoms with van der Waals surface area (Å²) in [6.07, 6.45) is 0. The lowest BCUT2D eigenvalue weighted by Gasteiger charge is -1.92. The van der Waals surface area contributed by atoms with Crippen molar-refractivity contribution in [3.63, 3.8) is 0 Å². The molecule has 0 heterocycles. The van der Waals surface area contributed by atoms with E-state index in [0.29, 0.717) is 5.84 Å². The van der Waals surface area contributed by atoms with Gasteiger partial charge in [0.1, 0.15) is 5.84 Å². The Balaban J connectivity index is 3.31. The van der Waals surface area contributed by atoms with Crippen molar-refractivity contribution in [2.45, 2.75) is 13.8 Å². The minimum absolute atomic E-state index is 0.612. The molecule has 3 heteroatoms. The topological polar surface area (TPSA) is 38.4 Å². The number of nitrogens with two attached hydrogens (primary N) is 1. The summed E-state index contributed by atoms with van der Waals surface area (Å²) in [6, 6.07) is 0. The molecule has 0 aromatic carbocycles. The molecular weight excluding hydrogens is 132 g/mol. The van der Waals surface area contributed by atoms with Crippen LogP contribution in [0.4, 0.5) is 0 Å². The second-order valence-corrected chi connectivity index (χ2v) is 2.69. The first kappa shape index (κ1) is 8.56. The Morgan fingerprint density at radius 1 is 1.67 bits per heavy atom. The molecule has 0 saturated carbocycles. The van der Waals surface area contributed by atoms with Gasteiger partial charge in [0.2, 0.25) is 0 Å². The lowest BCUT2D eigenvalue weighted by atomic mass is 10.4. The molecule has 0 saturated heterocycles. The van der Waals surface area contributed by atoms with Crippen molar-refractivity contribution in [3.05, 3.63) is 12.2 Å². The van der Waals surface area contributed by atoms with E-state index in [9.17, 15) is 0 Å². The lowest BCUT2D eigenvalue weighted by molar-refractivity contribution is 1.43. The van der Waals surface area contributed by atoms with Crippen molar-refractivity contribution in [1.29, 1.82) is 0 Å². The molecule has 52 valence electrons. The number of hydrogen-bond donors (Lipinski definition) is 1. The van der Waals surface area contributed by atoms with Gasteiger partial charge in [0.05, 0.1) is 0 Å². The Morgan fingerprint density at radius 2 is 2.22 bits per heavy atom. The Bertz CT molecular complexity index is 125. The third kappa shape index (κ3) is 7.56. The zero-order valence-electron chi connectivity index (χ0n) is 5.85. The quantitative estimate of drug-likeness (QED) is 0.283. The van der Waals surface area contributed by atoms with Gasteiger partial charge in [0.15, 0.2) is 0 Å². The monoisotopic (exact) mass is 144 g/mol. The summed E-state index contributed by atoms with van der Waals surface area (Å²) < 4.78 is 3.92. The maximum absolute atomic E-state index is 5.28. The molecule has 2 N–H and O–H groups in total. The smallest absolute Gasteiger partial charge is 0.104 e. The highest BCUT2D eigenvalue weighted by molar-refractivity contribution is 7.98. The fourth-order valence-electron chi connectivity index (χ4n) is 0.244. The standard InChI is InChI=1S/C6H12N2S/c1-5(2)4-9-8-6(3)7/h1,4H2,2-3H3,(H2,7,8). The van der Waals surface area contributed by atoms with Crippen molar-refractivity contribution in [1.82, 2.24) is 0 Å². The largest absolute Gasteiger partial charge is 0.387 e. The maximum atomic E-state index is 5.28. The molecule has 0 aliphatic rings. The second kappa shape index (κ2) is 4.44. The van der Waals surface area contributed by atoms with Crippen LogP contribution in [-0.2, 0) is 0 Å². The third-order valence-corrected chi connectivity index (χ3v) is 1.56. The molecule has 0 unspecified atom stereocenters. The fraction of sp³-hybridized carbons (Fsp3) is 0.500. The minimum Gasteiger partial charge on any atom is -0.387 e. The molecule has 0 atom stereocenters. The summed E-state index contributed by atoms with van der Waals surface area (Å²) >= 11 is 1.43. The van der Waals surface area contributed by atoms with Crippen molar-refractivity contribution < 1.29 is 0 Å². The molecule has 0 spiro atoms. The van der Waals surface area contributed by atoms with Crippen LogP contribution >= 0.6 is 11.9 Å². The van der Waals surface area contributed by atoms with Crippen molar-refractivity contribution in [2.24, 2.45) is 10.1 Å². The van der Waals surface area contributed by atoms with Gasteiger partial charge < -0.3 is 5.73 Å². The Kier molecular flexibility index (Phi) is 4.22. The number of rotatable bonds is 3. The summed E-state index contributed by atoms with van der Waals surface area (Å²) in [4.78, 5) is 0. The third-order valence-electron chi connectivity index (χ3n) is 0.519. The van der Waals surface area contributed by atoms with Gasteiger partial charge in [-0.3, -0.25) is 0 Å². The molecule has 0 aromatic rings. The highest BCUT2D eigenvalue weighted by Crippen LogP contribution is 2.05.